The number of carbonyl (C=O) groups is 1. The normalized spacial score (nSPS) is 15.9. The lowest BCUT2D eigenvalue weighted by Crippen LogP contribution is -2.49. The number of hydrogen-bond acceptors (Lipinski definition) is 3. The Hall–Kier alpha value is -1.23. The van der Waals surface area contributed by atoms with Gasteiger partial charge in [0, 0.05) is 17.9 Å². The minimum absolute atomic E-state index is 0.0956. The number of ether oxygens (including phenoxy) is 1. The first-order valence-electron chi connectivity index (χ1n) is 11.7. The lowest BCUT2D eigenvalue weighted by Gasteiger charge is -2.43. The summed E-state index contributed by atoms with van der Waals surface area (Å²) >= 11 is 0. The second-order valence-corrected chi connectivity index (χ2v) is 15.8. The van der Waals surface area contributed by atoms with E-state index in [0.717, 1.165) is 12.8 Å². The number of allylic oxidation sites excluding steroid dienone is 1. The van der Waals surface area contributed by atoms with E-state index >= 15 is 0 Å². The molecule has 3 atom stereocenters. The SMILES string of the molecule is C=CC(C)(C)C(=O)[C@H](C)[C@@H](O[Si](C)(C)C(C)(C)C)[C@@H](C)CCCOCc1ccccc1. The Bertz CT molecular complexity index is 688. The molecule has 0 aliphatic heterocycles. The minimum atomic E-state index is -2.02. The van der Waals surface area contributed by atoms with Gasteiger partial charge in [-0.1, -0.05) is 71.0 Å². The van der Waals surface area contributed by atoms with E-state index in [1.807, 2.05) is 39.0 Å². The van der Waals surface area contributed by atoms with Crippen molar-refractivity contribution >= 4 is 14.1 Å². The van der Waals surface area contributed by atoms with Crippen LogP contribution in [0, 0.1) is 17.3 Å². The number of carbonyl (C=O) groups excluding carboxylic acids is 1. The zero-order valence-electron chi connectivity index (χ0n) is 21.5. The van der Waals surface area contributed by atoms with Crippen molar-refractivity contribution in [3.05, 3.63) is 48.6 Å². The molecule has 0 radical (unpaired) electrons. The summed E-state index contributed by atoms with van der Waals surface area (Å²) in [5, 5.41) is 0.0977. The highest BCUT2D eigenvalue weighted by Gasteiger charge is 2.44. The maximum atomic E-state index is 13.2. The van der Waals surface area contributed by atoms with Crippen LogP contribution in [0.3, 0.4) is 0 Å². The first kappa shape index (κ1) is 27.8. The Morgan fingerprint density at radius 3 is 2.19 bits per heavy atom. The van der Waals surface area contributed by atoms with Crippen molar-refractivity contribution in [1.29, 1.82) is 0 Å². The summed E-state index contributed by atoms with van der Waals surface area (Å²) in [6, 6.07) is 10.3. The smallest absolute Gasteiger partial charge is 0.192 e. The topological polar surface area (TPSA) is 35.5 Å². The van der Waals surface area contributed by atoms with Crippen LogP contribution in [0.1, 0.15) is 66.9 Å². The van der Waals surface area contributed by atoms with Gasteiger partial charge < -0.3 is 9.16 Å². The summed E-state index contributed by atoms with van der Waals surface area (Å²) in [6.45, 7) is 24.7. The number of hydrogen-bond donors (Lipinski definition) is 0. The molecule has 0 saturated heterocycles. The molecule has 0 spiro atoms. The van der Waals surface area contributed by atoms with Crippen molar-refractivity contribution in [3.8, 4) is 0 Å². The van der Waals surface area contributed by atoms with E-state index in [1.165, 1.54) is 5.56 Å². The van der Waals surface area contributed by atoms with E-state index in [0.29, 0.717) is 13.2 Å². The summed E-state index contributed by atoms with van der Waals surface area (Å²) in [5.74, 6) is 0.301. The molecule has 0 N–H and O–H groups in total. The monoisotopic (exact) mass is 446 g/mol. The van der Waals surface area contributed by atoms with Crippen LogP contribution in [0.5, 0.6) is 0 Å². The van der Waals surface area contributed by atoms with Crippen LogP contribution in [-0.2, 0) is 20.6 Å². The van der Waals surface area contributed by atoms with Crippen LogP contribution in [0.4, 0.5) is 0 Å². The Kier molecular flexibility index (Phi) is 10.4. The fourth-order valence-corrected chi connectivity index (χ4v) is 4.97. The largest absolute Gasteiger partial charge is 0.413 e. The van der Waals surface area contributed by atoms with Gasteiger partial charge in [-0.25, -0.2) is 0 Å². The molecule has 0 aliphatic carbocycles. The van der Waals surface area contributed by atoms with Crippen molar-refractivity contribution in [2.45, 2.75) is 92.2 Å². The van der Waals surface area contributed by atoms with Crippen LogP contribution in [0.15, 0.2) is 43.0 Å². The third kappa shape index (κ3) is 8.32. The van der Waals surface area contributed by atoms with Crippen molar-refractivity contribution in [2.75, 3.05) is 6.61 Å². The molecule has 1 aromatic rings. The van der Waals surface area contributed by atoms with Gasteiger partial charge in [-0.15, -0.1) is 6.58 Å². The standard InChI is InChI=1S/C27H46O3Si/c1-11-27(7,8)25(28)22(3)24(30-31(9,10)26(4,5)6)21(2)16-15-19-29-20-23-17-13-12-14-18-23/h11-14,17-18,21-22,24H,1,15-16,19-20H2,2-10H3/t21-,22+,24-/m0/s1. The van der Waals surface area contributed by atoms with Crippen molar-refractivity contribution in [1.82, 2.24) is 0 Å². The molecule has 0 heterocycles. The van der Waals surface area contributed by atoms with Gasteiger partial charge in [-0.05, 0) is 56.3 Å². The fourth-order valence-electron chi connectivity index (χ4n) is 3.50. The third-order valence-electron chi connectivity index (χ3n) is 6.91. The second-order valence-electron chi connectivity index (χ2n) is 11.1. The van der Waals surface area contributed by atoms with Crippen molar-refractivity contribution in [3.63, 3.8) is 0 Å². The van der Waals surface area contributed by atoms with Crippen LogP contribution in [0.2, 0.25) is 18.1 Å². The summed E-state index contributed by atoms with van der Waals surface area (Å²) < 4.78 is 12.7. The molecule has 31 heavy (non-hydrogen) atoms. The highest BCUT2D eigenvalue weighted by atomic mass is 28.4. The number of ketones is 1. The molecular formula is C27H46O3Si. The van der Waals surface area contributed by atoms with E-state index in [-0.39, 0.29) is 28.8 Å². The zero-order chi connectivity index (χ0) is 23.9. The predicted octanol–water partition coefficient (Wildman–Crippen LogP) is 7.43. The quantitative estimate of drug-likeness (QED) is 0.179. The van der Waals surface area contributed by atoms with Gasteiger partial charge in [-0.3, -0.25) is 4.79 Å². The summed E-state index contributed by atoms with van der Waals surface area (Å²) in [4.78, 5) is 13.2. The molecule has 176 valence electrons. The van der Waals surface area contributed by atoms with Gasteiger partial charge in [-0.2, -0.15) is 0 Å². The average molecular weight is 447 g/mol. The molecule has 0 unspecified atom stereocenters. The summed E-state index contributed by atoms with van der Waals surface area (Å²) in [5.41, 5.74) is 0.646. The van der Waals surface area contributed by atoms with Gasteiger partial charge in [0.05, 0.1) is 12.7 Å². The van der Waals surface area contributed by atoms with Crippen LogP contribution in [-0.4, -0.2) is 26.8 Å². The molecule has 0 saturated carbocycles. The van der Waals surface area contributed by atoms with Crippen molar-refractivity contribution in [2.24, 2.45) is 17.3 Å². The van der Waals surface area contributed by atoms with E-state index in [2.05, 4.69) is 59.5 Å². The van der Waals surface area contributed by atoms with E-state index in [4.69, 9.17) is 9.16 Å². The molecule has 1 aromatic carbocycles. The van der Waals surface area contributed by atoms with E-state index in [1.54, 1.807) is 6.08 Å². The molecule has 1 rings (SSSR count). The number of Topliss-reactive ketones (excluding diaryl/α,β-unsaturated/α-hetero) is 1. The summed E-state index contributed by atoms with van der Waals surface area (Å²) in [6.07, 6.45) is 3.59. The summed E-state index contributed by atoms with van der Waals surface area (Å²) in [7, 11) is -2.02. The van der Waals surface area contributed by atoms with E-state index in [9.17, 15) is 4.79 Å². The maximum Gasteiger partial charge on any atom is 0.192 e. The molecule has 0 bridgehead atoms. The molecule has 3 nitrogen and oxygen atoms in total. The first-order valence-corrected chi connectivity index (χ1v) is 14.6. The van der Waals surface area contributed by atoms with Gasteiger partial charge in [0.25, 0.3) is 0 Å². The lowest BCUT2D eigenvalue weighted by atomic mass is 9.77. The lowest BCUT2D eigenvalue weighted by molar-refractivity contribution is -0.132. The van der Waals surface area contributed by atoms with Crippen LogP contribution in [0.25, 0.3) is 0 Å². The molecule has 0 aliphatic rings. The third-order valence-corrected chi connectivity index (χ3v) is 11.4. The average Bonchev–Trinajstić information content (AvgIpc) is 2.70. The predicted molar refractivity (Wildman–Crippen MR) is 135 cm³/mol. The second kappa shape index (κ2) is 11.6. The van der Waals surface area contributed by atoms with E-state index < -0.39 is 13.7 Å². The fraction of sp³-hybridized carbons (Fsp3) is 0.667. The van der Waals surface area contributed by atoms with Gasteiger partial charge in [0.15, 0.2) is 8.32 Å². The number of rotatable bonds is 13. The highest BCUT2D eigenvalue weighted by molar-refractivity contribution is 6.74. The Balaban J connectivity index is 2.81. The van der Waals surface area contributed by atoms with Crippen molar-refractivity contribution < 1.29 is 14.0 Å². The zero-order valence-corrected chi connectivity index (χ0v) is 22.5. The van der Waals surface area contributed by atoms with Crippen LogP contribution >= 0.6 is 0 Å². The van der Waals surface area contributed by atoms with Gasteiger partial charge in [0.1, 0.15) is 5.78 Å². The highest BCUT2D eigenvalue weighted by Crippen LogP contribution is 2.40. The Morgan fingerprint density at radius 1 is 1.10 bits per heavy atom. The number of benzene rings is 1. The van der Waals surface area contributed by atoms with Crippen LogP contribution < -0.4 is 0 Å². The molecular weight excluding hydrogens is 400 g/mol. The Labute approximate surface area is 192 Å². The minimum Gasteiger partial charge on any atom is -0.413 e. The molecule has 0 amide bonds. The maximum absolute atomic E-state index is 13.2. The first-order chi connectivity index (χ1) is 14.2. The van der Waals surface area contributed by atoms with Gasteiger partial charge in [0.2, 0.25) is 0 Å². The Morgan fingerprint density at radius 2 is 1.68 bits per heavy atom. The molecule has 0 fully saturated rings. The molecule has 0 aromatic heterocycles. The molecule has 4 heteroatoms. The van der Waals surface area contributed by atoms with Gasteiger partial charge >= 0.3 is 0 Å².